The van der Waals surface area contributed by atoms with Crippen molar-refractivity contribution >= 4 is 56.2 Å². The van der Waals surface area contributed by atoms with Crippen LogP contribution in [0.25, 0.3) is 0 Å². The predicted octanol–water partition coefficient (Wildman–Crippen LogP) is 5.08. The van der Waals surface area contributed by atoms with E-state index in [1.54, 1.807) is 0 Å². The molecule has 2 rings (SSSR count). The fourth-order valence-corrected chi connectivity index (χ4v) is 2.22. The molecule has 88 valence electrons. The highest BCUT2D eigenvalue weighted by Crippen LogP contribution is 2.37. The van der Waals surface area contributed by atoms with E-state index in [0.717, 1.165) is 15.8 Å². The molecule has 0 saturated heterocycles. The molecule has 0 unspecified atom stereocenters. The van der Waals surface area contributed by atoms with Crippen LogP contribution < -0.4 is 11.1 Å². The average Bonchev–Trinajstić information content (AvgIpc) is 2.30. The van der Waals surface area contributed by atoms with Crippen molar-refractivity contribution < 1.29 is 0 Å². The first-order valence-corrected chi connectivity index (χ1v) is 6.39. The van der Waals surface area contributed by atoms with Gasteiger partial charge < -0.3 is 11.1 Å². The highest BCUT2D eigenvalue weighted by molar-refractivity contribution is 9.10. The summed E-state index contributed by atoms with van der Waals surface area (Å²) < 4.78 is 0.766. The Morgan fingerprint density at radius 2 is 1.82 bits per heavy atom. The third-order valence-electron chi connectivity index (χ3n) is 2.20. The number of rotatable bonds is 2. The van der Waals surface area contributed by atoms with Crippen molar-refractivity contribution in [3.8, 4) is 0 Å². The molecule has 0 fully saturated rings. The van der Waals surface area contributed by atoms with Gasteiger partial charge in [0.1, 0.15) is 0 Å². The largest absolute Gasteiger partial charge is 0.399 e. The lowest BCUT2D eigenvalue weighted by Gasteiger charge is -2.10. The molecule has 0 atom stereocenters. The third kappa shape index (κ3) is 2.86. The predicted molar refractivity (Wildman–Crippen MR) is 78.3 cm³/mol. The van der Waals surface area contributed by atoms with Gasteiger partial charge in [0.25, 0.3) is 0 Å². The van der Waals surface area contributed by atoms with Crippen LogP contribution in [0.4, 0.5) is 17.1 Å². The number of hydrogen-bond acceptors (Lipinski definition) is 2. The second kappa shape index (κ2) is 5.17. The molecule has 0 radical (unpaired) electrons. The van der Waals surface area contributed by atoms with Crippen LogP contribution in [0.2, 0.25) is 10.0 Å². The molecule has 0 spiro atoms. The molecular formula is C12H9BrCl2N2. The summed E-state index contributed by atoms with van der Waals surface area (Å²) in [5.41, 5.74) is 7.99. The van der Waals surface area contributed by atoms with Crippen LogP contribution in [-0.4, -0.2) is 0 Å². The van der Waals surface area contributed by atoms with E-state index >= 15 is 0 Å². The van der Waals surface area contributed by atoms with E-state index in [1.807, 2.05) is 36.4 Å². The van der Waals surface area contributed by atoms with Crippen LogP contribution in [0, 0.1) is 0 Å². The summed E-state index contributed by atoms with van der Waals surface area (Å²) in [6.07, 6.45) is 0. The van der Waals surface area contributed by atoms with Crippen molar-refractivity contribution in [2.45, 2.75) is 0 Å². The summed E-state index contributed by atoms with van der Waals surface area (Å²) in [4.78, 5) is 0. The number of anilines is 3. The Morgan fingerprint density at radius 3 is 2.53 bits per heavy atom. The summed E-state index contributed by atoms with van der Waals surface area (Å²) in [5, 5.41) is 4.13. The molecule has 0 aromatic heterocycles. The lowest BCUT2D eigenvalue weighted by Crippen LogP contribution is -1.93. The molecule has 5 heteroatoms. The molecule has 0 heterocycles. The van der Waals surface area contributed by atoms with Gasteiger partial charge in [-0.15, -0.1) is 0 Å². The third-order valence-corrected chi connectivity index (χ3v) is 3.97. The topological polar surface area (TPSA) is 38.0 Å². The minimum absolute atomic E-state index is 0.475. The number of halogens is 3. The molecule has 2 aromatic carbocycles. The van der Waals surface area contributed by atoms with E-state index in [2.05, 4.69) is 21.2 Å². The van der Waals surface area contributed by atoms with E-state index < -0.39 is 0 Å². The Morgan fingerprint density at radius 1 is 1.06 bits per heavy atom. The van der Waals surface area contributed by atoms with Crippen molar-refractivity contribution in [1.82, 2.24) is 0 Å². The number of nitrogen functional groups attached to an aromatic ring is 1. The van der Waals surface area contributed by atoms with Gasteiger partial charge in [-0.25, -0.2) is 0 Å². The quantitative estimate of drug-likeness (QED) is 0.594. The summed E-state index contributed by atoms with van der Waals surface area (Å²) in [7, 11) is 0. The first kappa shape index (κ1) is 12.6. The van der Waals surface area contributed by atoms with Gasteiger partial charge >= 0.3 is 0 Å². The number of benzene rings is 2. The van der Waals surface area contributed by atoms with E-state index in [-0.39, 0.29) is 0 Å². The summed E-state index contributed by atoms with van der Waals surface area (Å²) in [6.45, 7) is 0. The fourth-order valence-electron chi connectivity index (χ4n) is 1.39. The Bertz CT molecular complexity index is 558. The molecule has 0 bridgehead atoms. The van der Waals surface area contributed by atoms with Gasteiger partial charge in [-0.1, -0.05) is 29.3 Å². The molecule has 3 N–H and O–H groups in total. The average molecular weight is 332 g/mol. The van der Waals surface area contributed by atoms with Gasteiger partial charge in [0.15, 0.2) is 0 Å². The van der Waals surface area contributed by atoms with Crippen molar-refractivity contribution in [2.24, 2.45) is 0 Å². The first-order valence-electron chi connectivity index (χ1n) is 4.84. The van der Waals surface area contributed by atoms with Crippen LogP contribution >= 0.6 is 39.1 Å². The van der Waals surface area contributed by atoms with Crippen LogP contribution in [0.1, 0.15) is 0 Å². The Hall–Kier alpha value is -0.900. The molecule has 2 nitrogen and oxygen atoms in total. The summed E-state index contributed by atoms with van der Waals surface area (Å²) in [6, 6.07) is 11.1. The van der Waals surface area contributed by atoms with E-state index in [9.17, 15) is 0 Å². The molecule has 0 aliphatic carbocycles. The van der Waals surface area contributed by atoms with Crippen molar-refractivity contribution in [1.29, 1.82) is 0 Å². The fraction of sp³-hybridized carbons (Fsp3) is 0. The minimum Gasteiger partial charge on any atom is -0.399 e. The number of hydrogen-bond donors (Lipinski definition) is 2. The van der Waals surface area contributed by atoms with Crippen LogP contribution in [0.3, 0.4) is 0 Å². The minimum atomic E-state index is 0.475. The summed E-state index contributed by atoms with van der Waals surface area (Å²) >= 11 is 15.5. The van der Waals surface area contributed by atoms with Crippen molar-refractivity contribution in [3.05, 3.63) is 50.9 Å². The SMILES string of the molecule is Nc1cccc(Nc2ccc(Br)c(Cl)c2Cl)c1. The van der Waals surface area contributed by atoms with Crippen LogP contribution in [0.5, 0.6) is 0 Å². The zero-order valence-corrected chi connectivity index (χ0v) is 11.8. The smallest absolute Gasteiger partial charge is 0.0838 e. The number of nitrogens with two attached hydrogens (primary N) is 1. The maximum absolute atomic E-state index is 6.13. The van der Waals surface area contributed by atoms with Crippen molar-refractivity contribution in [2.75, 3.05) is 11.1 Å². The van der Waals surface area contributed by atoms with Crippen molar-refractivity contribution in [3.63, 3.8) is 0 Å². The second-order valence-electron chi connectivity index (χ2n) is 3.47. The van der Waals surface area contributed by atoms with Gasteiger partial charge in [0, 0.05) is 15.8 Å². The molecule has 0 amide bonds. The Kier molecular flexibility index (Phi) is 3.82. The second-order valence-corrected chi connectivity index (χ2v) is 5.08. The zero-order valence-electron chi connectivity index (χ0n) is 8.68. The zero-order chi connectivity index (χ0) is 12.4. The molecule has 17 heavy (non-hydrogen) atoms. The van der Waals surface area contributed by atoms with Gasteiger partial charge in [-0.3, -0.25) is 0 Å². The van der Waals surface area contributed by atoms with Crippen LogP contribution in [0.15, 0.2) is 40.9 Å². The van der Waals surface area contributed by atoms with Gasteiger partial charge in [0.2, 0.25) is 0 Å². The van der Waals surface area contributed by atoms with E-state index in [4.69, 9.17) is 28.9 Å². The maximum atomic E-state index is 6.13. The first-order chi connectivity index (χ1) is 8.08. The molecule has 2 aromatic rings. The Balaban J connectivity index is 2.34. The van der Waals surface area contributed by atoms with Gasteiger partial charge in [-0.2, -0.15) is 0 Å². The van der Waals surface area contributed by atoms with E-state index in [1.165, 1.54) is 0 Å². The Labute approximate surface area is 118 Å². The molecule has 0 aliphatic heterocycles. The van der Waals surface area contributed by atoms with E-state index in [0.29, 0.717) is 15.7 Å². The molecular weight excluding hydrogens is 323 g/mol. The van der Waals surface area contributed by atoms with Gasteiger partial charge in [-0.05, 0) is 46.3 Å². The number of nitrogens with one attached hydrogen (secondary N) is 1. The van der Waals surface area contributed by atoms with Crippen LogP contribution in [-0.2, 0) is 0 Å². The summed E-state index contributed by atoms with van der Waals surface area (Å²) in [5.74, 6) is 0. The highest BCUT2D eigenvalue weighted by Gasteiger charge is 2.08. The van der Waals surface area contributed by atoms with Gasteiger partial charge in [0.05, 0.1) is 15.7 Å². The molecule has 0 saturated carbocycles. The highest BCUT2D eigenvalue weighted by atomic mass is 79.9. The standard InChI is InChI=1S/C12H9BrCl2N2/c13-9-4-5-10(12(15)11(9)14)17-8-3-1-2-7(16)6-8/h1-6,17H,16H2. The maximum Gasteiger partial charge on any atom is 0.0838 e. The lowest BCUT2D eigenvalue weighted by atomic mass is 10.2. The lowest BCUT2D eigenvalue weighted by molar-refractivity contribution is 1.53. The monoisotopic (exact) mass is 330 g/mol. The molecule has 0 aliphatic rings. The normalized spacial score (nSPS) is 10.3.